The van der Waals surface area contributed by atoms with E-state index in [0.29, 0.717) is 5.92 Å². The molecule has 1 saturated carbocycles. The van der Waals surface area contributed by atoms with Crippen LogP contribution in [-0.2, 0) is 10.5 Å². The van der Waals surface area contributed by atoms with Crippen LogP contribution in [0.2, 0.25) is 0 Å². The van der Waals surface area contributed by atoms with Crippen LogP contribution < -0.4 is 0 Å². The zero-order chi connectivity index (χ0) is 22.7. The van der Waals surface area contributed by atoms with Crippen LogP contribution in [0.25, 0.3) is 0 Å². The average Bonchev–Trinajstić information content (AvgIpc) is 3.26. The Balaban J connectivity index is 1.82. The predicted octanol–water partition coefficient (Wildman–Crippen LogP) is 7.47. The molecule has 3 atom stereocenters. The monoisotopic (exact) mass is 461 g/mol. The van der Waals surface area contributed by atoms with E-state index in [1.54, 1.807) is 11.5 Å². The molecule has 32 heavy (non-hydrogen) atoms. The highest BCUT2D eigenvalue weighted by molar-refractivity contribution is 7.05. The van der Waals surface area contributed by atoms with Crippen molar-refractivity contribution in [3.8, 4) is 0 Å². The molecule has 4 nitrogen and oxygen atoms in total. The Morgan fingerprint density at radius 1 is 1.00 bits per heavy atom. The Labute approximate surface area is 201 Å². The molecule has 0 spiro atoms. The summed E-state index contributed by atoms with van der Waals surface area (Å²) in [6.45, 7) is 12.7. The van der Waals surface area contributed by atoms with E-state index < -0.39 is 5.72 Å². The van der Waals surface area contributed by atoms with Crippen molar-refractivity contribution in [1.82, 2.24) is 14.3 Å². The maximum absolute atomic E-state index is 7.13. The van der Waals surface area contributed by atoms with Crippen molar-refractivity contribution >= 4 is 11.5 Å². The second-order valence-corrected chi connectivity index (χ2v) is 12.1. The minimum atomic E-state index is -0.418. The van der Waals surface area contributed by atoms with Gasteiger partial charge in [0, 0.05) is 18.5 Å². The summed E-state index contributed by atoms with van der Waals surface area (Å²) in [5.41, 5.74) is -0.106. The van der Waals surface area contributed by atoms with Gasteiger partial charge < -0.3 is 4.74 Å². The highest BCUT2D eigenvalue weighted by Crippen LogP contribution is 2.67. The topological polar surface area (TPSA) is 38.3 Å². The van der Waals surface area contributed by atoms with Crippen molar-refractivity contribution in [2.75, 3.05) is 19.7 Å². The molecule has 3 aliphatic rings. The Kier molecular flexibility index (Phi) is 7.99. The van der Waals surface area contributed by atoms with E-state index in [4.69, 9.17) is 14.1 Å². The van der Waals surface area contributed by atoms with E-state index in [2.05, 4.69) is 32.6 Å². The van der Waals surface area contributed by atoms with Crippen LogP contribution in [0.4, 0.5) is 0 Å². The van der Waals surface area contributed by atoms with E-state index in [0.717, 1.165) is 30.5 Å². The van der Waals surface area contributed by atoms with Crippen molar-refractivity contribution in [2.45, 2.75) is 123 Å². The summed E-state index contributed by atoms with van der Waals surface area (Å²) in [5.74, 6) is 1.60. The number of rotatable bonds is 8. The van der Waals surface area contributed by atoms with Crippen molar-refractivity contribution < 1.29 is 4.74 Å². The maximum Gasteiger partial charge on any atom is 0.182 e. The minimum Gasteiger partial charge on any atom is -0.353 e. The van der Waals surface area contributed by atoms with Crippen LogP contribution in [0.5, 0.6) is 0 Å². The third-order valence-electron chi connectivity index (χ3n) is 9.55. The molecule has 0 N–H and O–H groups in total. The first-order valence-corrected chi connectivity index (χ1v) is 14.4. The Hall–Kier alpha value is -0.520. The first-order valence-electron chi connectivity index (χ1n) is 13.7. The molecule has 2 aliphatic heterocycles. The largest absolute Gasteiger partial charge is 0.353 e. The molecule has 2 saturated heterocycles. The standard InChI is InChI=1S/C27H47N3OS/c1-5-6-7-12-17-25(3)18-21-31-27(24-28-22(2)29-32-24,30-19-13-9-14-20-30)26(25,4)23-15-10-8-11-16-23/h23H,5-21H2,1-4H3. The number of unbranched alkanes of at least 4 members (excludes halogenated alkanes) is 3. The zero-order valence-electron chi connectivity index (χ0n) is 21.3. The van der Waals surface area contributed by atoms with E-state index >= 15 is 0 Å². The molecule has 182 valence electrons. The normalized spacial score (nSPS) is 35.2. The predicted molar refractivity (Wildman–Crippen MR) is 134 cm³/mol. The van der Waals surface area contributed by atoms with Gasteiger partial charge in [0.25, 0.3) is 0 Å². The lowest BCUT2D eigenvalue weighted by Crippen LogP contribution is -2.69. The molecule has 1 aromatic rings. The number of hydrogen-bond acceptors (Lipinski definition) is 5. The Bertz CT molecular complexity index is 726. The summed E-state index contributed by atoms with van der Waals surface area (Å²) in [7, 11) is 0. The van der Waals surface area contributed by atoms with Gasteiger partial charge in [-0.25, -0.2) is 4.98 Å². The summed E-state index contributed by atoms with van der Waals surface area (Å²) in [6.07, 6.45) is 18.6. The van der Waals surface area contributed by atoms with Crippen LogP contribution in [0.15, 0.2) is 0 Å². The van der Waals surface area contributed by atoms with Gasteiger partial charge in [0.1, 0.15) is 5.82 Å². The molecule has 3 unspecified atom stereocenters. The van der Waals surface area contributed by atoms with E-state index in [-0.39, 0.29) is 10.8 Å². The highest BCUT2D eigenvalue weighted by atomic mass is 32.1. The molecule has 0 radical (unpaired) electrons. The van der Waals surface area contributed by atoms with Crippen molar-refractivity contribution in [3.05, 3.63) is 10.8 Å². The van der Waals surface area contributed by atoms with Crippen LogP contribution in [0, 0.1) is 23.7 Å². The molecule has 3 heterocycles. The summed E-state index contributed by atoms with van der Waals surface area (Å²) >= 11 is 1.62. The first-order chi connectivity index (χ1) is 15.5. The van der Waals surface area contributed by atoms with Crippen molar-refractivity contribution in [1.29, 1.82) is 0 Å². The van der Waals surface area contributed by atoms with Gasteiger partial charge in [0.05, 0.1) is 6.61 Å². The van der Waals surface area contributed by atoms with E-state index in [9.17, 15) is 0 Å². The second-order valence-electron chi connectivity index (χ2n) is 11.3. The second kappa shape index (κ2) is 10.4. The minimum absolute atomic E-state index is 0.0498. The van der Waals surface area contributed by atoms with Gasteiger partial charge in [-0.05, 0) is 68.3 Å². The Morgan fingerprint density at radius 3 is 2.38 bits per heavy atom. The SMILES string of the molecule is CCCCCCC1(C)CCOC(c2nc(C)ns2)(N2CCCCC2)C1(C)C1CCCCC1. The fourth-order valence-electron chi connectivity index (χ4n) is 7.50. The molecule has 1 aromatic heterocycles. The lowest BCUT2D eigenvalue weighted by atomic mass is 9.48. The quantitative estimate of drug-likeness (QED) is 0.376. The van der Waals surface area contributed by atoms with Crippen LogP contribution >= 0.6 is 11.5 Å². The summed E-state index contributed by atoms with van der Waals surface area (Å²) in [5, 5.41) is 1.14. The molecule has 1 aliphatic carbocycles. The molecular weight excluding hydrogens is 414 g/mol. The third-order valence-corrected chi connectivity index (χ3v) is 10.4. The zero-order valence-corrected chi connectivity index (χ0v) is 22.1. The van der Waals surface area contributed by atoms with Gasteiger partial charge in [0.2, 0.25) is 0 Å². The number of aryl methyl sites for hydroxylation is 1. The smallest absolute Gasteiger partial charge is 0.182 e. The number of piperidine rings is 1. The van der Waals surface area contributed by atoms with E-state index in [1.807, 2.05) is 0 Å². The fraction of sp³-hybridized carbons (Fsp3) is 0.926. The molecule has 3 fully saturated rings. The lowest BCUT2D eigenvalue weighted by Gasteiger charge is -2.66. The number of hydrogen-bond donors (Lipinski definition) is 0. The summed E-state index contributed by atoms with van der Waals surface area (Å²) in [4.78, 5) is 7.82. The molecule has 0 amide bonds. The Morgan fingerprint density at radius 2 is 1.72 bits per heavy atom. The molecule has 5 heteroatoms. The van der Waals surface area contributed by atoms with Crippen molar-refractivity contribution in [3.63, 3.8) is 0 Å². The van der Waals surface area contributed by atoms with Gasteiger partial charge in [-0.3, -0.25) is 4.90 Å². The molecular formula is C27H47N3OS. The van der Waals surface area contributed by atoms with E-state index in [1.165, 1.54) is 89.9 Å². The average molecular weight is 462 g/mol. The van der Waals surface area contributed by atoms with Crippen LogP contribution in [0.3, 0.4) is 0 Å². The summed E-state index contributed by atoms with van der Waals surface area (Å²) < 4.78 is 11.8. The highest BCUT2D eigenvalue weighted by Gasteiger charge is 2.68. The van der Waals surface area contributed by atoms with Gasteiger partial charge in [-0.1, -0.05) is 72.1 Å². The molecule has 4 rings (SSSR count). The van der Waals surface area contributed by atoms with Crippen molar-refractivity contribution in [2.24, 2.45) is 16.7 Å². The van der Waals surface area contributed by atoms with Gasteiger partial charge in [-0.2, -0.15) is 4.37 Å². The van der Waals surface area contributed by atoms with Crippen LogP contribution in [-0.4, -0.2) is 34.0 Å². The number of nitrogens with zero attached hydrogens (tertiary/aromatic N) is 3. The number of ether oxygens (including phenoxy) is 1. The van der Waals surface area contributed by atoms with Crippen LogP contribution in [0.1, 0.15) is 121 Å². The van der Waals surface area contributed by atoms with Gasteiger partial charge in [0.15, 0.2) is 10.7 Å². The fourth-order valence-corrected chi connectivity index (χ4v) is 8.46. The molecule has 0 bridgehead atoms. The summed E-state index contributed by atoms with van der Waals surface area (Å²) in [6, 6.07) is 0. The molecule has 0 aromatic carbocycles. The van der Waals surface area contributed by atoms with Gasteiger partial charge >= 0.3 is 0 Å². The number of likely N-dealkylation sites (tertiary alicyclic amines) is 1. The third kappa shape index (κ3) is 4.20. The maximum atomic E-state index is 7.13. The number of aromatic nitrogens is 2. The van der Waals surface area contributed by atoms with Gasteiger partial charge in [-0.15, -0.1) is 0 Å². The first kappa shape index (κ1) is 24.6. The lowest BCUT2D eigenvalue weighted by molar-refractivity contribution is -0.325.